The second-order valence-electron chi connectivity index (χ2n) is 4.61. The summed E-state index contributed by atoms with van der Waals surface area (Å²) in [6.45, 7) is 8.71. The number of hydrogen-bond donors (Lipinski definition) is 0. The molecule has 1 aromatic heterocycles. The summed E-state index contributed by atoms with van der Waals surface area (Å²) in [4.78, 5) is 9.16. The topological polar surface area (TPSA) is 28.6 Å². The summed E-state index contributed by atoms with van der Waals surface area (Å²) < 4.78 is 4.98. The summed E-state index contributed by atoms with van der Waals surface area (Å²) in [7, 11) is 3.42. The summed E-state index contributed by atoms with van der Waals surface area (Å²) in [5.41, 5.74) is 0. The third-order valence-electron chi connectivity index (χ3n) is 3.25. The molecule has 0 unspecified atom stereocenters. The van der Waals surface area contributed by atoms with Crippen LogP contribution in [-0.4, -0.2) is 42.1 Å². The van der Waals surface area contributed by atoms with E-state index in [9.17, 15) is 0 Å². The first kappa shape index (κ1) is 15.9. The minimum absolute atomic E-state index is 0. The molecule has 1 aliphatic rings. The Labute approximate surface area is 135 Å². The molecule has 1 aliphatic heterocycles. The second kappa shape index (κ2) is 7.41. The predicted octanol–water partition coefficient (Wildman–Crippen LogP) is 1.78. The first-order valence-electron chi connectivity index (χ1n) is 6.08. The number of aromatic nitrogens is 1. The van der Waals surface area contributed by atoms with Crippen LogP contribution in [0.25, 0.3) is 0 Å². The van der Waals surface area contributed by atoms with Crippen molar-refractivity contribution in [2.75, 3.05) is 31.1 Å². The van der Waals surface area contributed by atoms with Crippen molar-refractivity contribution in [3.05, 3.63) is 25.4 Å². The van der Waals surface area contributed by atoms with Crippen LogP contribution < -0.4 is 9.64 Å². The minimum atomic E-state index is 0. The monoisotopic (exact) mass is 323 g/mol. The number of rotatable bonds is 3. The van der Waals surface area contributed by atoms with Crippen molar-refractivity contribution < 1.29 is 37.4 Å². The molecule has 2 heterocycles. The van der Waals surface area contributed by atoms with Gasteiger partial charge in [-0.15, -0.1) is 0 Å². The fourth-order valence-electron chi connectivity index (χ4n) is 2.13. The Balaban J connectivity index is 0.00000162. The maximum Gasteiger partial charge on any atom is 0.132 e. The van der Waals surface area contributed by atoms with E-state index in [1.165, 1.54) is 0 Å². The molecule has 0 bridgehead atoms. The number of anilines is 1. The van der Waals surface area contributed by atoms with Crippen molar-refractivity contribution in [1.29, 1.82) is 0 Å². The van der Waals surface area contributed by atoms with E-state index < -0.39 is 0 Å². The van der Waals surface area contributed by atoms with Crippen LogP contribution in [0.5, 0.6) is 5.75 Å². The minimum Gasteiger partial charge on any atom is -0.665 e. The van der Waals surface area contributed by atoms with Crippen LogP contribution in [0, 0.1) is 7.11 Å². The zero-order valence-corrected chi connectivity index (χ0v) is 14.0. The first-order valence-corrected chi connectivity index (χ1v) is 6.08. The molecule has 97 valence electrons. The van der Waals surface area contributed by atoms with Crippen molar-refractivity contribution in [1.82, 2.24) is 9.88 Å². The van der Waals surface area contributed by atoms with Gasteiger partial charge in [-0.05, 0) is 19.9 Å². The fraction of sp³-hybridized carbons (Fsp3) is 0.538. The third-order valence-corrected chi connectivity index (χ3v) is 3.25. The van der Waals surface area contributed by atoms with Crippen LogP contribution >= 0.6 is 0 Å². The van der Waals surface area contributed by atoms with E-state index in [4.69, 9.17) is 4.74 Å². The maximum absolute atomic E-state index is 4.98. The van der Waals surface area contributed by atoms with Gasteiger partial charge in [0.15, 0.2) is 0 Å². The molecule has 0 aliphatic carbocycles. The standard InChI is InChI=1S/C13H20N3O.Y/c1-11(2)15-6-8-16(9-7-15)13-10-12(17-3)4-5-14-13;/h4-5,10-11H,3,6-9H2,1-2H3;/q-1;. The Morgan fingerprint density at radius 1 is 1.28 bits per heavy atom. The first-order chi connectivity index (χ1) is 8.20. The van der Waals surface area contributed by atoms with Crippen molar-refractivity contribution in [2.45, 2.75) is 19.9 Å². The Kier molecular flexibility index (Phi) is 6.54. The number of nitrogens with zero attached hydrogens (tertiary/aromatic N) is 3. The summed E-state index contributed by atoms with van der Waals surface area (Å²) in [5.74, 6) is 1.75. The average Bonchev–Trinajstić information content (AvgIpc) is 2.39. The predicted molar refractivity (Wildman–Crippen MR) is 69.1 cm³/mol. The van der Waals surface area contributed by atoms with E-state index in [2.05, 4.69) is 35.7 Å². The Hall–Kier alpha value is -0.186. The number of piperazine rings is 1. The molecule has 18 heavy (non-hydrogen) atoms. The van der Waals surface area contributed by atoms with Crippen molar-refractivity contribution in [2.24, 2.45) is 0 Å². The van der Waals surface area contributed by atoms with Crippen molar-refractivity contribution in [3.63, 3.8) is 0 Å². The van der Waals surface area contributed by atoms with Gasteiger partial charge in [0.2, 0.25) is 0 Å². The molecule has 4 nitrogen and oxygen atoms in total. The maximum atomic E-state index is 4.98. The number of ether oxygens (including phenoxy) is 1. The zero-order chi connectivity index (χ0) is 12.3. The van der Waals surface area contributed by atoms with Gasteiger partial charge in [0, 0.05) is 77.2 Å². The molecule has 1 aromatic rings. The van der Waals surface area contributed by atoms with Crippen LogP contribution in [0.4, 0.5) is 5.82 Å². The molecule has 0 spiro atoms. The van der Waals surface area contributed by atoms with E-state index in [0.29, 0.717) is 6.04 Å². The van der Waals surface area contributed by atoms with Gasteiger partial charge in [0.05, 0.1) is 5.75 Å². The molecule has 2 rings (SSSR count). The largest absolute Gasteiger partial charge is 0.665 e. The second-order valence-corrected chi connectivity index (χ2v) is 4.61. The molecule has 0 amide bonds. The molecular formula is C13H20N3OY-. The van der Waals surface area contributed by atoms with Gasteiger partial charge >= 0.3 is 0 Å². The van der Waals surface area contributed by atoms with E-state index >= 15 is 0 Å². The van der Waals surface area contributed by atoms with E-state index in [1.807, 2.05) is 12.1 Å². The number of hydrogen-bond acceptors (Lipinski definition) is 4. The molecule has 1 saturated heterocycles. The summed E-state index contributed by atoms with van der Waals surface area (Å²) in [5, 5.41) is 0. The van der Waals surface area contributed by atoms with E-state index in [1.54, 1.807) is 6.20 Å². The van der Waals surface area contributed by atoms with Crippen molar-refractivity contribution >= 4 is 5.82 Å². The van der Waals surface area contributed by atoms with Gasteiger partial charge in [-0.3, -0.25) is 4.90 Å². The molecule has 0 N–H and O–H groups in total. The van der Waals surface area contributed by atoms with Gasteiger partial charge < -0.3 is 9.64 Å². The van der Waals surface area contributed by atoms with Crippen LogP contribution in [0.15, 0.2) is 18.3 Å². The molecule has 0 saturated carbocycles. The van der Waals surface area contributed by atoms with E-state index in [-0.39, 0.29) is 32.7 Å². The molecule has 0 aromatic carbocycles. The third kappa shape index (κ3) is 3.90. The summed E-state index contributed by atoms with van der Waals surface area (Å²) >= 11 is 0. The quantitative estimate of drug-likeness (QED) is 0.793. The fourth-order valence-corrected chi connectivity index (χ4v) is 2.13. The Bertz CT molecular complexity index is 365. The smallest absolute Gasteiger partial charge is 0.132 e. The van der Waals surface area contributed by atoms with Gasteiger partial charge in [0.1, 0.15) is 5.82 Å². The van der Waals surface area contributed by atoms with Crippen LogP contribution in [0.1, 0.15) is 13.8 Å². The molecule has 1 fully saturated rings. The van der Waals surface area contributed by atoms with E-state index in [0.717, 1.165) is 37.7 Å². The summed E-state index contributed by atoms with van der Waals surface area (Å²) in [6, 6.07) is 4.39. The Morgan fingerprint density at radius 3 is 2.50 bits per heavy atom. The van der Waals surface area contributed by atoms with Gasteiger partial charge in [0.25, 0.3) is 0 Å². The zero-order valence-electron chi connectivity index (χ0n) is 11.2. The van der Waals surface area contributed by atoms with Crippen LogP contribution in [0.2, 0.25) is 0 Å². The molecular weight excluding hydrogens is 303 g/mol. The average molecular weight is 323 g/mol. The number of pyridine rings is 1. The van der Waals surface area contributed by atoms with Crippen LogP contribution in [0.3, 0.4) is 0 Å². The Morgan fingerprint density at radius 2 is 1.94 bits per heavy atom. The van der Waals surface area contributed by atoms with Crippen molar-refractivity contribution in [3.8, 4) is 5.75 Å². The SMILES string of the molecule is [CH2-]Oc1ccnc(N2CCN(C(C)C)CC2)c1.[Y]. The summed E-state index contributed by atoms with van der Waals surface area (Å²) in [6.07, 6.45) is 1.77. The molecule has 0 atom stereocenters. The van der Waals surface area contributed by atoms with Gasteiger partial charge in [-0.25, -0.2) is 4.98 Å². The van der Waals surface area contributed by atoms with Gasteiger partial charge in [-0.2, -0.15) is 7.11 Å². The normalized spacial score (nSPS) is 16.6. The molecule has 1 radical (unpaired) electrons. The molecule has 5 heteroatoms. The van der Waals surface area contributed by atoms with Crippen LogP contribution in [-0.2, 0) is 32.7 Å². The van der Waals surface area contributed by atoms with Gasteiger partial charge in [-0.1, -0.05) is 0 Å².